The minimum absolute atomic E-state index is 0.0322. The number of H-pyrrole nitrogens is 1. The topological polar surface area (TPSA) is 100 Å². The Kier molecular flexibility index (Phi) is 7.56. The highest BCUT2D eigenvalue weighted by atomic mass is 79.9. The molecule has 0 saturated heterocycles. The van der Waals surface area contributed by atoms with E-state index in [-0.39, 0.29) is 21.2 Å². The highest BCUT2D eigenvalue weighted by Gasteiger charge is 2.35. The number of pyridine rings is 1. The van der Waals surface area contributed by atoms with Crippen LogP contribution < -0.4 is 15.6 Å². The summed E-state index contributed by atoms with van der Waals surface area (Å²) in [4.78, 5) is 24.3. The average molecular weight is 577 g/mol. The van der Waals surface area contributed by atoms with Crippen LogP contribution in [0, 0.1) is 12.7 Å². The van der Waals surface area contributed by atoms with Gasteiger partial charge in [-0.25, -0.2) is 14.4 Å². The van der Waals surface area contributed by atoms with Crippen LogP contribution in [0.15, 0.2) is 51.7 Å². The number of methoxy groups -OCH3 is 1. The molecule has 1 atom stereocenters. The number of nitrogens with one attached hydrogen (secondary N) is 2. The van der Waals surface area contributed by atoms with Gasteiger partial charge in [0.2, 0.25) is 0 Å². The van der Waals surface area contributed by atoms with Crippen molar-refractivity contribution in [3.63, 3.8) is 0 Å². The fourth-order valence-electron chi connectivity index (χ4n) is 4.11. The second-order valence-electron chi connectivity index (χ2n) is 8.55. The first kappa shape index (κ1) is 26.6. The smallest absolute Gasteiger partial charge is 0.298 e. The van der Waals surface area contributed by atoms with E-state index in [9.17, 15) is 13.6 Å². The van der Waals surface area contributed by atoms with Crippen LogP contribution in [-0.2, 0) is 12.3 Å². The number of ether oxygens (including phenoxy) is 1. The molecule has 0 saturated carbocycles. The van der Waals surface area contributed by atoms with Gasteiger partial charge in [0.1, 0.15) is 35.5 Å². The number of aromatic amines is 1. The molecule has 0 bridgehead atoms. The molecule has 0 spiro atoms. The molecule has 194 valence electrons. The zero-order chi connectivity index (χ0) is 26.9. The molecule has 0 aliphatic rings. The number of anilines is 1. The summed E-state index contributed by atoms with van der Waals surface area (Å²) in [6.45, 7) is 1.73. The lowest BCUT2D eigenvalue weighted by Crippen LogP contribution is -2.22. The van der Waals surface area contributed by atoms with Gasteiger partial charge in [-0.05, 0) is 65.5 Å². The number of rotatable bonds is 8. The minimum atomic E-state index is -3.73. The first-order valence-electron chi connectivity index (χ1n) is 11.3. The van der Waals surface area contributed by atoms with Gasteiger partial charge in [-0.15, -0.1) is 0 Å². The molecule has 37 heavy (non-hydrogen) atoms. The molecule has 2 aromatic carbocycles. The van der Waals surface area contributed by atoms with E-state index in [1.807, 2.05) is 12.1 Å². The summed E-state index contributed by atoms with van der Waals surface area (Å²) in [6.07, 6.45) is 0.340. The predicted octanol–water partition coefficient (Wildman–Crippen LogP) is 5.38. The average Bonchev–Trinajstić information content (AvgIpc) is 2.86. The van der Waals surface area contributed by atoms with E-state index in [4.69, 9.17) is 9.84 Å². The van der Waals surface area contributed by atoms with E-state index in [0.29, 0.717) is 34.8 Å². The Morgan fingerprint density at radius 2 is 1.89 bits per heavy atom. The van der Waals surface area contributed by atoms with Crippen molar-refractivity contribution in [2.75, 3.05) is 19.0 Å². The Balaban J connectivity index is 1.82. The van der Waals surface area contributed by atoms with Crippen LogP contribution in [-0.4, -0.2) is 33.8 Å². The molecule has 0 fully saturated rings. The number of fused-ring (bicyclic) bond motifs is 1. The fraction of sp³-hybridized carbons (Fsp3) is 0.269. The van der Waals surface area contributed by atoms with Gasteiger partial charge in [0.15, 0.2) is 0 Å². The molecule has 4 rings (SSSR count). The molecule has 11 heteroatoms. The normalized spacial score (nSPS) is 12.5. The Hall–Kier alpha value is -3.44. The fourth-order valence-corrected chi connectivity index (χ4v) is 4.55. The van der Waals surface area contributed by atoms with Gasteiger partial charge >= 0.3 is 0 Å². The molecule has 3 N–H and O–H groups in total. The summed E-state index contributed by atoms with van der Waals surface area (Å²) >= 11 is 3.38. The third kappa shape index (κ3) is 5.33. The molecule has 0 aliphatic heterocycles. The second-order valence-corrected chi connectivity index (χ2v) is 9.34. The number of hydrogen-bond donors (Lipinski definition) is 3. The third-order valence-corrected chi connectivity index (χ3v) is 6.84. The number of aryl methyl sites for hydroxylation is 1. The summed E-state index contributed by atoms with van der Waals surface area (Å²) < 4.78 is 48.8. The third-order valence-electron chi connectivity index (χ3n) is 6.00. The summed E-state index contributed by atoms with van der Waals surface area (Å²) in [7, 11) is 1.57. The van der Waals surface area contributed by atoms with E-state index in [0.717, 1.165) is 11.6 Å². The number of nitrogens with zero attached hydrogens (tertiary/aromatic N) is 2. The zero-order valence-corrected chi connectivity index (χ0v) is 21.8. The number of aromatic nitrogens is 3. The lowest BCUT2D eigenvalue weighted by Gasteiger charge is -2.21. The minimum Gasteiger partial charge on any atom is -0.497 e. The van der Waals surface area contributed by atoms with E-state index in [2.05, 4.69) is 36.2 Å². The van der Waals surface area contributed by atoms with E-state index in [1.165, 1.54) is 12.1 Å². The number of hydrogen-bond acceptors (Lipinski definition) is 6. The molecule has 0 radical (unpaired) electrons. The highest BCUT2D eigenvalue weighted by Crippen LogP contribution is 2.35. The summed E-state index contributed by atoms with van der Waals surface area (Å²) in [5, 5.41) is 12.6. The molecule has 4 aromatic rings. The highest BCUT2D eigenvalue weighted by molar-refractivity contribution is 9.10. The standard InChI is InChI=1S/C26H24BrF3N4O3/c1-13(17-5-4-6-19(22(17)28)26(29,30)12-35)31-23-20-18(11-15-7-9-16(37-3)10-8-15)21(27)25(36)34-24(20)33-14(2)32-23/h4-10,13,35H,11-12H2,1-3H3,(H2,31,32,33,34,36). The molecule has 2 aromatic heterocycles. The molecule has 7 nitrogen and oxygen atoms in total. The van der Waals surface area contributed by atoms with Gasteiger partial charge in [-0.2, -0.15) is 8.78 Å². The molecule has 0 aliphatic carbocycles. The summed E-state index contributed by atoms with van der Waals surface area (Å²) in [5.74, 6) is -3.52. The van der Waals surface area contributed by atoms with E-state index >= 15 is 4.39 Å². The van der Waals surface area contributed by atoms with Crippen molar-refractivity contribution in [1.29, 1.82) is 0 Å². The monoisotopic (exact) mass is 576 g/mol. The lowest BCUT2D eigenvalue weighted by molar-refractivity contribution is -0.0583. The van der Waals surface area contributed by atoms with Gasteiger partial charge in [0.25, 0.3) is 11.5 Å². The number of aliphatic hydroxyl groups is 1. The van der Waals surface area contributed by atoms with Crippen molar-refractivity contribution in [3.05, 3.63) is 91.2 Å². The summed E-state index contributed by atoms with van der Waals surface area (Å²) in [6, 6.07) is 10.2. The van der Waals surface area contributed by atoms with Gasteiger partial charge in [0, 0.05) is 5.56 Å². The Morgan fingerprint density at radius 1 is 1.19 bits per heavy atom. The Bertz CT molecular complexity index is 1510. The van der Waals surface area contributed by atoms with Crippen LogP contribution in [0.2, 0.25) is 0 Å². The van der Waals surface area contributed by atoms with E-state index < -0.39 is 30.0 Å². The number of halogens is 4. The van der Waals surface area contributed by atoms with Gasteiger partial charge in [-0.3, -0.25) is 4.79 Å². The van der Waals surface area contributed by atoms with Crippen LogP contribution >= 0.6 is 15.9 Å². The maximum atomic E-state index is 15.1. The molecular weight excluding hydrogens is 553 g/mol. The van der Waals surface area contributed by atoms with Gasteiger partial charge in [-0.1, -0.05) is 24.3 Å². The van der Waals surface area contributed by atoms with Crippen molar-refractivity contribution >= 4 is 32.8 Å². The van der Waals surface area contributed by atoms with Crippen molar-refractivity contribution in [2.45, 2.75) is 32.2 Å². The number of benzene rings is 2. The lowest BCUT2D eigenvalue weighted by atomic mass is 9.99. The van der Waals surface area contributed by atoms with Crippen molar-refractivity contribution in [2.24, 2.45) is 0 Å². The van der Waals surface area contributed by atoms with Crippen molar-refractivity contribution < 1.29 is 23.0 Å². The van der Waals surface area contributed by atoms with Crippen LogP contribution in [0.4, 0.5) is 19.0 Å². The second kappa shape index (κ2) is 10.5. The van der Waals surface area contributed by atoms with Crippen LogP contribution in [0.3, 0.4) is 0 Å². The van der Waals surface area contributed by atoms with Crippen LogP contribution in [0.5, 0.6) is 5.75 Å². The molecule has 1 unspecified atom stereocenters. The summed E-state index contributed by atoms with van der Waals surface area (Å²) in [5.41, 5.74) is 0.461. The van der Waals surface area contributed by atoms with Crippen molar-refractivity contribution in [1.82, 2.24) is 15.0 Å². The first-order valence-corrected chi connectivity index (χ1v) is 12.1. The van der Waals surface area contributed by atoms with Gasteiger partial charge < -0.3 is 20.1 Å². The number of aliphatic hydroxyl groups excluding tert-OH is 1. The predicted molar refractivity (Wildman–Crippen MR) is 138 cm³/mol. The van der Waals surface area contributed by atoms with E-state index in [1.54, 1.807) is 33.1 Å². The molecule has 0 amide bonds. The number of alkyl halides is 2. The Morgan fingerprint density at radius 3 is 2.54 bits per heavy atom. The SMILES string of the molecule is COc1ccc(Cc2c(Br)c(=O)[nH]c3nc(C)nc(NC(C)c4cccc(C(F)(F)CO)c4F)c23)cc1. The van der Waals surface area contributed by atoms with Crippen LogP contribution in [0.1, 0.15) is 41.0 Å². The van der Waals surface area contributed by atoms with Crippen LogP contribution in [0.25, 0.3) is 11.0 Å². The largest absolute Gasteiger partial charge is 0.497 e. The maximum Gasteiger partial charge on any atom is 0.298 e. The van der Waals surface area contributed by atoms with Crippen molar-refractivity contribution in [3.8, 4) is 5.75 Å². The van der Waals surface area contributed by atoms with Gasteiger partial charge in [0.05, 0.1) is 28.6 Å². The Labute approximate surface area is 218 Å². The molecular formula is C26H24BrF3N4O3. The maximum absolute atomic E-state index is 15.1. The molecule has 2 heterocycles. The zero-order valence-electron chi connectivity index (χ0n) is 20.2. The first-order chi connectivity index (χ1) is 17.6. The quantitative estimate of drug-likeness (QED) is 0.260.